The molecule has 0 spiro atoms. The maximum Gasteiger partial charge on any atom is 0.0623 e. The van der Waals surface area contributed by atoms with Gasteiger partial charge in [0.05, 0.1) is 17.0 Å². The molecule has 1 heterocycles. The van der Waals surface area contributed by atoms with Gasteiger partial charge in [0, 0.05) is 19.7 Å². The molecule has 1 rings (SSSR count). The maximum atomic E-state index is 5.48. The topological polar surface area (TPSA) is 39.1 Å². The van der Waals surface area contributed by atoms with Crippen LogP contribution in [0.25, 0.3) is 0 Å². The van der Waals surface area contributed by atoms with Crippen molar-refractivity contribution in [1.29, 1.82) is 0 Å². The summed E-state index contributed by atoms with van der Waals surface area (Å²) in [6.45, 7) is 9.34. The fourth-order valence-corrected chi connectivity index (χ4v) is 2.13. The van der Waals surface area contributed by atoms with Crippen molar-refractivity contribution in [2.75, 3.05) is 14.2 Å². The number of nitrogens with one attached hydrogen (secondary N) is 1. The minimum absolute atomic E-state index is 0.0682. The zero-order valence-electron chi connectivity index (χ0n) is 12.6. The number of nitrogens with zero attached hydrogens (tertiary/aromatic N) is 2. The number of aryl methyl sites for hydroxylation is 2. The first-order valence-corrected chi connectivity index (χ1v) is 6.70. The Hall–Kier alpha value is -0.870. The zero-order valence-corrected chi connectivity index (χ0v) is 12.6. The lowest BCUT2D eigenvalue weighted by Crippen LogP contribution is -2.27. The Morgan fingerprint density at radius 2 is 2.17 bits per heavy atom. The molecule has 0 aromatic carbocycles. The summed E-state index contributed by atoms with van der Waals surface area (Å²) in [4.78, 5) is 0. The van der Waals surface area contributed by atoms with Crippen LogP contribution >= 0.6 is 0 Å². The van der Waals surface area contributed by atoms with Gasteiger partial charge in [-0.3, -0.25) is 4.68 Å². The molecule has 1 aromatic heterocycles. The van der Waals surface area contributed by atoms with Gasteiger partial charge in [-0.1, -0.05) is 0 Å². The summed E-state index contributed by atoms with van der Waals surface area (Å²) in [6, 6.07) is 2.50. The van der Waals surface area contributed by atoms with Crippen molar-refractivity contribution in [3.8, 4) is 0 Å². The lowest BCUT2D eigenvalue weighted by atomic mass is 9.97. The molecule has 0 amide bonds. The quantitative estimate of drug-likeness (QED) is 0.812. The third-order valence-corrected chi connectivity index (χ3v) is 3.53. The molecule has 0 radical (unpaired) electrons. The molecule has 0 bridgehead atoms. The largest absolute Gasteiger partial charge is 0.379 e. The standard InChI is InChI=1S/C14H27N3O/c1-7-17-13(10-11(2)16-17)12(15-5)8-9-14(3,4)18-6/h10,12,15H,7-9H2,1-6H3. The Bertz CT molecular complexity index is 371. The Labute approximate surface area is 111 Å². The molecule has 0 aliphatic heterocycles. The Morgan fingerprint density at radius 1 is 1.50 bits per heavy atom. The highest BCUT2D eigenvalue weighted by molar-refractivity contribution is 5.13. The number of methoxy groups -OCH3 is 1. The predicted octanol–water partition coefficient (Wildman–Crippen LogP) is 2.68. The Kier molecular flexibility index (Phi) is 5.35. The fraction of sp³-hybridized carbons (Fsp3) is 0.786. The summed E-state index contributed by atoms with van der Waals surface area (Å²) < 4.78 is 7.56. The highest BCUT2D eigenvalue weighted by Gasteiger charge is 2.21. The van der Waals surface area contributed by atoms with E-state index in [-0.39, 0.29) is 5.60 Å². The minimum atomic E-state index is -0.0682. The average molecular weight is 253 g/mol. The van der Waals surface area contributed by atoms with Crippen LogP contribution in [-0.2, 0) is 11.3 Å². The van der Waals surface area contributed by atoms with Crippen LogP contribution in [0.3, 0.4) is 0 Å². The first-order chi connectivity index (χ1) is 8.43. The van der Waals surface area contributed by atoms with Crippen molar-refractivity contribution in [1.82, 2.24) is 15.1 Å². The van der Waals surface area contributed by atoms with E-state index in [1.807, 2.05) is 14.0 Å². The van der Waals surface area contributed by atoms with Crippen LogP contribution in [0.4, 0.5) is 0 Å². The Morgan fingerprint density at radius 3 is 2.67 bits per heavy atom. The third-order valence-electron chi connectivity index (χ3n) is 3.53. The van der Waals surface area contributed by atoms with Crippen LogP contribution in [-0.4, -0.2) is 29.5 Å². The number of hydrogen-bond acceptors (Lipinski definition) is 3. The zero-order chi connectivity index (χ0) is 13.8. The van der Waals surface area contributed by atoms with E-state index in [4.69, 9.17) is 4.74 Å². The van der Waals surface area contributed by atoms with E-state index in [1.165, 1.54) is 5.69 Å². The predicted molar refractivity (Wildman–Crippen MR) is 74.8 cm³/mol. The van der Waals surface area contributed by atoms with E-state index in [2.05, 4.69) is 41.9 Å². The van der Waals surface area contributed by atoms with E-state index < -0.39 is 0 Å². The van der Waals surface area contributed by atoms with Gasteiger partial charge >= 0.3 is 0 Å². The van der Waals surface area contributed by atoms with Crippen LogP contribution < -0.4 is 5.32 Å². The van der Waals surface area contributed by atoms with Gasteiger partial charge in [-0.05, 0) is 53.7 Å². The average Bonchev–Trinajstić information content (AvgIpc) is 2.71. The van der Waals surface area contributed by atoms with E-state index in [9.17, 15) is 0 Å². The molecule has 0 saturated heterocycles. The first-order valence-electron chi connectivity index (χ1n) is 6.70. The van der Waals surface area contributed by atoms with E-state index in [1.54, 1.807) is 7.11 Å². The van der Waals surface area contributed by atoms with Gasteiger partial charge in [0.1, 0.15) is 0 Å². The molecule has 4 heteroatoms. The van der Waals surface area contributed by atoms with Crippen LogP contribution in [0.5, 0.6) is 0 Å². The molecule has 0 saturated carbocycles. The van der Waals surface area contributed by atoms with Crippen molar-refractivity contribution in [2.24, 2.45) is 0 Å². The molecular formula is C14H27N3O. The molecule has 1 atom stereocenters. The number of hydrogen-bond donors (Lipinski definition) is 1. The fourth-order valence-electron chi connectivity index (χ4n) is 2.13. The summed E-state index contributed by atoms with van der Waals surface area (Å²) in [5, 5.41) is 7.89. The smallest absolute Gasteiger partial charge is 0.0623 e. The van der Waals surface area contributed by atoms with Gasteiger partial charge in [0.15, 0.2) is 0 Å². The van der Waals surface area contributed by atoms with Crippen LogP contribution in [0.2, 0.25) is 0 Å². The second-order valence-corrected chi connectivity index (χ2v) is 5.37. The van der Waals surface area contributed by atoms with Gasteiger partial charge < -0.3 is 10.1 Å². The highest BCUT2D eigenvalue weighted by atomic mass is 16.5. The van der Waals surface area contributed by atoms with Gasteiger partial charge in [0.2, 0.25) is 0 Å². The monoisotopic (exact) mass is 253 g/mol. The first kappa shape index (κ1) is 15.2. The second-order valence-electron chi connectivity index (χ2n) is 5.37. The second kappa shape index (κ2) is 6.34. The van der Waals surface area contributed by atoms with Gasteiger partial charge in [-0.15, -0.1) is 0 Å². The molecule has 0 fully saturated rings. The number of rotatable bonds is 7. The van der Waals surface area contributed by atoms with E-state index in [0.29, 0.717) is 6.04 Å². The van der Waals surface area contributed by atoms with Crippen LogP contribution in [0.1, 0.15) is 51.0 Å². The summed E-state index contributed by atoms with van der Waals surface area (Å²) in [6.07, 6.45) is 2.06. The molecule has 104 valence electrons. The van der Waals surface area contributed by atoms with Gasteiger partial charge in [0.25, 0.3) is 0 Å². The third kappa shape index (κ3) is 3.82. The SMILES string of the molecule is CCn1nc(C)cc1C(CCC(C)(C)OC)NC. The van der Waals surface area contributed by atoms with Crippen LogP contribution in [0.15, 0.2) is 6.07 Å². The molecule has 4 nitrogen and oxygen atoms in total. The lowest BCUT2D eigenvalue weighted by molar-refractivity contribution is 0.0116. The molecule has 1 N–H and O–H groups in total. The molecule has 0 aliphatic rings. The van der Waals surface area contributed by atoms with Gasteiger partial charge in [-0.25, -0.2) is 0 Å². The maximum absolute atomic E-state index is 5.48. The van der Waals surface area contributed by atoms with Crippen molar-refractivity contribution in [3.05, 3.63) is 17.5 Å². The normalized spacial score (nSPS) is 13.9. The Balaban J connectivity index is 2.77. The van der Waals surface area contributed by atoms with Crippen molar-refractivity contribution >= 4 is 0 Å². The van der Waals surface area contributed by atoms with E-state index in [0.717, 1.165) is 25.1 Å². The number of ether oxygens (including phenoxy) is 1. The minimum Gasteiger partial charge on any atom is -0.379 e. The highest BCUT2D eigenvalue weighted by Crippen LogP contribution is 2.24. The van der Waals surface area contributed by atoms with Crippen molar-refractivity contribution < 1.29 is 4.74 Å². The van der Waals surface area contributed by atoms with Gasteiger partial charge in [-0.2, -0.15) is 5.10 Å². The van der Waals surface area contributed by atoms with E-state index >= 15 is 0 Å². The number of aromatic nitrogens is 2. The summed E-state index contributed by atoms with van der Waals surface area (Å²) in [5.74, 6) is 0. The van der Waals surface area contributed by atoms with Crippen molar-refractivity contribution in [2.45, 2.75) is 58.7 Å². The molecule has 1 aromatic rings. The van der Waals surface area contributed by atoms with Crippen LogP contribution in [0, 0.1) is 6.92 Å². The van der Waals surface area contributed by atoms with Crippen molar-refractivity contribution in [3.63, 3.8) is 0 Å². The molecule has 18 heavy (non-hydrogen) atoms. The molecule has 1 unspecified atom stereocenters. The summed E-state index contributed by atoms with van der Waals surface area (Å²) in [7, 11) is 3.78. The summed E-state index contributed by atoms with van der Waals surface area (Å²) in [5.41, 5.74) is 2.28. The lowest BCUT2D eigenvalue weighted by Gasteiger charge is -2.26. The molecule has 0 aliphatic carbocycles. The molecular weight excluding hydrogens is 226 g/mol. The summed E-state index contributed by atoms with van der Waals surface area (Å²) >= 11 is 0.